The molecule has 0 bridgehead atoms. The number of pyridine rings is 1. The molecule has 0 spiro atoms. The van der Waals surface area contributed by atoms with Gasteiger partial charge in [0.25, 0.3) is 0 Å². The summed E-state index contributed by atoms with van der Waals surface area (Å²) in [7, 11) is 0. The number of nitrogens with two attached hydrogens (primary N) is 1. The number of rotatable bonds is 6. The summed E-state index contributed by atoms with van der Waals surface area (Å²) in [5.74, 6) is 0.0395. The van der Waals surface area contributed by atoms with Crippen LogP contribution in [0.3, 0.4) is 0 Å². The van der Waals surface area contributed by atoms with Crippen molar-refractivity contribution in [3.05, 3.63) is 58.1 Å². The van der Waals surface area contributed by atoms with Gasteiger partial charge >= 0.3 is 11.9 Å². The van der Waals surface area contributed by atoms with Crippen LogP contribution >= 0.6 is 11.3 Å². The van der Waals surface area contributed by atoms with Crippen LogP contribution < -0.4 is 5.73 Å². The Balaban J connectivity index is 1.54. The smallest absolute Gasteiger partial charge is 0.348 e. The van der Waals surface area contributed by atoms with E-state index >= 15 is 0 Å². The van der Waals surface area contributed by atoms with Crippen molar-refractivity contribution >= 4 is 39.3 Å². The van der Waals surface area contributed by atoms with Crippen LogP contribution in [0.5, 0.6) is 0 Å². The Labute approximate surface area is 187 Å². The molecular weight excluding hydrogens is 432 g/mol. The average Bonchev–Trinajstić information content (AvgIpc) is 3.33. The minimum Gasteiger partial charge on any atom is -0.462 e. The molecule has 10 nitrogen and oxygen atoms in total. The number of fused-ring (bicyclic) bond motifs is 1. The van der Waals surface area contributed by atoms with E-state index in [0.29, 0.717) is 37.7 Å². The first-order chi connectivity index (χ1) is 15.4. The monoisotopic (exact) mass is 452 g/mol. The van der Waals surface area contributed by atoms with E-state index < -0.39 is 11.9 Å². The molecule has 4 heterocycles. The van der Waals surface area contributed by atoms with E-state index in [4.69, 9.17) is 15.2 Å². The Hall–Kier alpha value is -3.86. The number of aryl methyl sites for hydroxylation is 1. The van der Waals surface area contributed by atoms with Gasteiger partial charge in [0.1, 0.15) is 21.1 Å². The Morgan fingerprint density at radius 1 is 1.16 bits per heavy atom. The fourth-order valence-electron chi connectivity index (χ4n) is 3.20. The van der Waals surface area contributed by atoms with Gasteiger partial charge in [-0.05, 0) is 38.5 Å². The van der Waals surface area contributed by atoms with Gasteiger partial charge in [-0.3, -0.25) is 0 Å². The normalized spacial score (nSPS) is 11.0. The summed E-state index contributed by atoms with van der Waals surface area (Å²) in [5.41, 5.74) is 7.67. The van der Waals surface area contributed by atoms with Gasteiger partial charge in [0.2, 0.25) is 0 Å². The molecule has 0 aromatic carbocycles. The number of thiophene rings is 1. The molecular formula is C21H20N6O4S. The molecule has 11 heteroatoms. The van der Waals surface area contributed by atoms with Crippen LogP contribution in [0.1, 0.15) is 44.0 Å². The lowest BCUT2D eigenvalue weighted by Gasteiger charge is -2.06. The van der Waals surface area contributed by atoms with Gasteiger partial charge in [-0.2, -0.15) is 5.10 Å². The van der Waals surface area contributed by atoms with Gasteiger partial charge in [0.15, 0.2) is 18.2 Å². The lowest BCUT2D eigenvalue weighted by molar-refractivity contribution is 0.0460. The molecule has 4 aromatic heterocycles. The van der Waals surface area contributed by atoms with Crippen LogP contribution in [0.15, 0.2) is 30.6 Å². The van der Waals surface area contributed by atoms with Gasteiger partial charge in [-0.1, -0.05) is 6.07 Å². The van der Waals surface area contributed by atoms with E-state index in [9.17, 15) is 9.59 Å². The minimum atomic E-state index is -0.568. The number of carbonyl (C=O) groups excluding carboxylic acids is 2. The molecule has 2 N–H and O–H groups in total. The van der Waals surface area contributed by atoms with E-state index in [1.54, 1.807) is 43.8 Å². The van der Waals surface area contributed by atoms with E-state index in [2.05, 4.69) is 20.1 Å². The SMILES string of the molecule is CCOC(=O)c1sc2nc(COC(=O)c3cnn(-c4ccccn4)c3C)nc(N)c2c1C. The summed E-state index contributed by atoms with van der Waals surface area (Å²) in [6.07, 6.45) is 3.07. The minimum absolute atomic E-state index is 0.182. The van der Waals surface area contributed by atoms with Crippen LogP contribution in [0.4, 0.5) is 5.82 Å². The van der Waals surface area contributed by atoms with Gasteiger partial charge in [-0.15, -0.1) is 11.3 Å². The largest absolute Gasteiger partial charge is 0.462 e. The van der Waals surface area contributed by atoms with E-state index in [-0.39, 0.29) is 24.9 Å². The number of nitrogens with zero attached hydrogens (tertiary/aromatic N) is 5. The van der Waals surface area contributed by atoms with E-state index in [1.165, 1.54) is 17.5 Å². The zero-order valence-corrected chi connectivity index (χ0v) is 18.5. The van der Waals surface area contributed by atoms with Crippen molar-refractivity contribution in [1.82, 2.24) is 24.7 Å². The summed E-state index contributed by atoms with van der Waals surface area (Å²) >= 11 is 1.17. The highest BCUT2D eigenvalue weighted by Gasteiger charge is 2.22. The third kappa shape index (κ3) is 3.89. The highest BCUT2D eigenvalue weighted by Crippen LogP contribution is 2.33. The fourth-order valence-corrected chi connectivity index (χ4v) is 4.30. The second-order valence-electron chi connectivity index (χ2n) is 6.80. The first-order valence-corrected chi connectivity index (χ1v) is 10.6. The van der Waals surface area contributed by atoms with Crippen molar-refractivity contribution in [3.8, 4) is 5.82 Å². The highest BCUT2D eigenvalue weighted by atomic mass is 32.1. The molecule has 0 saturated heterocycles. The summed E-state index contributed by atoms with van der Waals surface area (Å²) in [5, 5.41) is 4.82. The number of anilines is 1. The zero-order valence-electron chi connectivity index (χ0n) is 17.7. The molecule has 0 aliphatic rings. The molecule has 0 aliphatic carbocycles. The molecule has 0 saturated carbocycles. The zero-order chi connectivity index (χ0) is 22.8. The molecule has 32 heavy (non-hydrogen) atoms. The Kier molecular flexibility index (Phi) is 5.82. The number of esters is 2. The van der Waals surface area contributed by atoms with Gasteiger partial charge in [0, 0.05) is 6.20 Å². The first kappa shape index (κ1) is 21.4. The molecule has 0 amide bonds. The van der Waals surface area contributed by atoms with Crippen molar-refractivity contribution in [1.29, 1.82) is 0 Å². The molecule has 0 fully saturated rings. The van der Waals surface area contributed by atoms with Crippen LogP contribution in [0.25, 0.3) is 16.0 Å². The lowest BCUT2D eigenvalue weighted by Crippen LogP contribution is -2.10. The number of hydrogen-bond acceptors (Lipinski definition) is 10. The topological polar surface area (TPSA) is 135 Å². The van der Waals surface area contributed by atoms with Crippen LogP contribution in [0, 0.1) is 13.8 Å². The molecule has 0 atom stereocenters. The standard InChI is InChI=1S/C21H20N6O4S/c1-4-30-21(29)17-11(2)16-18(22)25-14(26-19(16)32-17)10-31-20(28)13-9-24-27(12(13)3)15-7-5-6-8-23-15/h5-9H,4,10H2,1-3H3,(H2,22,25,26). The van der Waals surface area contributed by atoms with E-state index in [1.807, 2.05) is 6.07 Å². The van der Waals surface area contributed by atoms with Gasteiger partial charge in [0.05, 0.1) is 23.9 Å². The third-order valence-corrected chi connectivity index (χ3v) is 5.92. The average molecular weight is 452 g/mol. The van der Waals surface area contributed by atoms with Gasteiger partial charge in [-0.25, -0.2) is 29.2 Å². The Morgan fingerprint density at radius 3 is 2.69 bits per heavy atom. The van der Waals surface area contributed by atoms with Crippen LogP contribution in [-0.2, 0) is 16.1 Å². The summed E-state index contributed by atoms with van der Waals surface area (Å²) in [4.78, 5) is 38.6. The predicted molar refractivity (Wildman–Crippen MR) is 118 cm³/mol. The second kappa shape index (κ2) is 8.71. The van der Waals surface area contributed by atoms with Crippen LogP contribution in [-0.4, -0.2) is 43.3 Å². The van der Waals surface area contributed by atoms with E-state index in [0.717, 1.165) is 0 Å². The maximum Gasteiger partial charge on any atom is 0.348 e. The number of aromatic nitrogens is 5. The highest BCUT2D eigenvalue weighted by molar-refractivity contribution is 7.20. The molecule has 0 unspecified atom stereocenters. The summed E-state index contributed by atoms with van der Waals surface area (Å²) in [6.45, 7) is 5.35. The number of nitrogen functional groups attached to an aromatic ring is 1. The van der Waals surface area contributed by atoms with Crippen LogP contribution in [0.2, 0.25) is 0 Å². The van der Waals surface area contributed by atoms with Crippen molar-refractivity contribution in [2.75, 3.05) is 12.3 Å². The quantitative estimate of drug-likeness (QED) is 0.438. The molecule has 164 valence electrons. The Morgan fingerprint density at radius 2 is 1.97 bits per heavy atom. The third-order valence-electron chi connectivity index (χ3n) is 4.75. The Bertz CT molecular complexity index is 1320. The number of hydrogen-bond donors (Lipinski definition) is 1. The van der Waals surface area contributed by atoms with Gasteiger partial charge < -0.3 is 15.2 Å². The number of ether oxygens (including phenoxy) is 2. The predicted octanol–water partition coefficient (Wildman–Crippen LogP) is 3.00. The summed E-state index contributed by atoms with van der Waals surface area (Å²) < 4.78 is 12.0. The van der Waals surface area contributed by atoms with Crippen molar-refractivity contribution in [3.63, 3.8) is 0 Å². The maximum absolute atomic E-state index is 12.6. The van der Waals surface area contributed by atoms with Crippen molar-refractivity contribution < 1.29 is 19.1 Å². The lowest BCUT2D eigenvalue weighted by atomic mass is 10.2. The fraction of sp³-hybridized carbons (Fsp3) is 0.238. The summed E-state index contributed by atoms with van der Waals surface area (Å²) in [6, 6.07) is 5.41. The maximum atomic E-state index is 12.6. The van der Waals surface area contributed by atoms with Crippen molar-refractivity contribution in [2.45, 2.75) is 27.4 Å². The molecule has 4 rings (SSSR count). The van der Waals surface area contributed by atoms with Crippen molar-refractivity contribution in [2.24, 2.45) is 0 Å². The molecule has 0 aliphatic heterocycles. The molecule has 4 aromatic rings. The first-order valence-electron chi connectivity index (χ1n) is 9.76. The molecule has 0 radical (unpaired) electrons. The number of carbonyl (C=O) groups is 2. The second-order valence-corrected chi connectivity index (χ2v) is 7.80.